The van der Waals surface area contributed by atoms with Crippen LogP contribution in [0.1, 0.15) is 43.7 Å². The van der Waals surface area contributed by atoms with Crippen LogP contribution in [0.15, 0.2) is 50.6 Å². The Balaban J connectivity index is 1.70. The SMILES string of the molecule is CC(C)C[C@H](NC(=O)c1ccc(Br)o1)C(=O)NC1CCCN(S(=O)(=O)c2cccc[n+]2[O-])CC1=O. The van der Waals surface area contributed by atoms with Crippen LogP contribution in [0.5, 0.6) is 0 Å². The highest BCUT2D eigenvalue weighted by Crippen LogP contribution is 2.18. The number of carbonyl (C=O) groups excluding carboxylic acids is 3. The number of ketones is 1. The van der Waals surface area contributed by atoms with Crippen LogP contribution in [0.3, 0.4) is 0 Å². The lowest BCUT2D eigenvalue weighted by Crippen LogP contribution is -2.52. The maximum atomic E-state index is 13.0. The van der Waals surface area contributed by atoms with Gasteiger partial charge >= 0.3 is 15.0 Å². The monoisotopic (exact) mass is 570 g/mol. The molecule has 11 nitrogen and oxygen atoms in total. The van der Waals surface area contributed by atoms with Crippen molar-refractivity contribution in [3.63, 3.8) is 0 Å². The molecule has 2 amide bonds. The molecule has 1 aliphatic rings. The number of nitrogens with one attached hydrogen (secondary N) is 2. The van der Waals surface area contributed by atoms with Crippen LogP contribution in [0.2, 0.25) is 0 Å². The summed E-state index contributed by atoms with van der Waals surface area (Å²) in [5, 5.41) is 16.8. The second-order valence-electron chi connectivity index (χ2n) is 8.63. The first-order valence-electron chi connectivity index (χ1n) is 11.1. The van der Waals surface area contributed by atoms with Crippen molar-refractivity contribution in [1.29, 1.82) is 0 Å². The molecular formula is C22H27BrN4O7S. The van der Waals surface area contributed by atoms with Crippen LogP contribution in [-0.2, 0) is 19.6 Å². The van der Waals surface area contributed by atoms with E-state index >= 15 is 0 Å². The number of rotatable bonds is 8. The van der Waals surface area contributed by atoms with E-state index in [0.29, 0.717) is 17.5 Å². The fourth-order valence-corrected chi connectivity index (χ4v) is 5.52. The summed E-state index contributed by atoms with van der Waals surface area (Å²) in [6.45, 7) is 3.32. The summed E-state index contributed by atoms with van der Waals surface area (Å²) in [7, 11) is -4.20. The Morgan fingerprint density at radius 2 is 2.03 bits per heavy atom. The van der Waals surface area contributed by atoms with Gasteiger partial charge in [-0.15, -0.1) is 0 Å². The predicted molar refractivity (Wildman–Crippen MR) is 127 cm³/mol. The van der Waals surface area contributed by atoms with E-state index in [1.165, 1.54) is 24.3 Å². The van der Waals surface area contributed by atoms with Crippen molar-refractivity contribution in [3.8, 4) is 0 Å². The van der Waals surface area contributed by atoms with E-state index in [2.05, 4.69) is 26.6 Å². The molecule has 35 heavy (non-hydrogen) atoms. The average Bonchev–Trinajstić information content (AvgIpc) is 3.14. The molecule has 2 aromatic rings. The zero-order valence-corrected chi connectivity index (χ0v) is 21.7. The summed E-state index contributed by atoms with van der Waals surface area (Å²) in [5.41, 5.74) is 0. The molecule has 1 unspecified atom stereocenters. The summed E-state index contributed by atoms with van der Waals surface area (Å²) in [6.07, 6.45) is 1.90. The zero-order valence-electron chi connectivity index (χ0n) is 19.3. The van der Waals surface area contributed by atoms with Crippen molar-refractivity contribution >= 4 is 43.6 Å². The van der Waals surface area contributed by atoms with Gasteiger partial charge in [-0.3, -0.25) is 14.4 Å². The molecule has 1 fully saturated rings. The number of Topliss-reactive ketones (excluding diaryl/α,β-unsaturated/α-hetero) is 1. The second-order valence-corrected chi connectivity index (χ2v) is 11.3. The van der Waals surface area contributed by atoms with Gasteiger partial charge in [0.1, 0.15) is 6.04 Å². The van der Waals surface area contributed by atoms with Gasteiger partial charge in [0.05, 0.1) is 12.6 Å². The standard InChI is InChI=1S/C22H27BrN4O7S/c1-14(2)12-16(25-22(30)18-8-9-19(23)34-18)21(29)24-15-6-5-10-26(13-17(15)28)35(32,33)20-7-3-4-11-27(20)31/h3-4,7-9,11,14-16H,5-6,10,12-13H2,1-2H3,(H,24,29)(H,25,30)/t15?,16-/m0/s1. The molecule has 0 saturated carbocycles. The summed E-state index contributed by atoms with van der Waals surface area (Å²) in [5.74, 6) is -1.54. The van der Waals surface area contributed by atoms with Gasteiger partial charge in [0.15, 0.2) is 22.4 Å². The molecule has 2 N–H and O–H groups in total. The van der Waals surface area contributed by atoms with Gasteiger partial charge in [-0.2, -0.15) is 9.04 Å². The van der Waals surface area contributed by atoms with Gasteiger partial charge in [0, 0.05) is 18.7 Å². The number of nitrogens with zero attached hydrogens (tertiary/aromatic N) is 2. The van der Waals surface area contributed by atoms with Crippen LogP contribution in [0, 0.1) is 11.1 Å². The van der Waals surface area contributed by atoms with Gasteiger partial charge in [-0.1, -0.05) is 13.8 Å². The molecule has 3 heterocycles. The van der Waals surface area contributed by atoms with Gasteiger partial charge in [-0.05, 0) is 59.3 Å². The third-order valence-corrected chi connectivity index (χ3v) is 7.72. The summed E-state index contributed by atoms with van der Waals surface area (Å²) in [6, 6.07) is 5.17. The van der Waals surface area contributed by atoms with Crippen molar-refractivity contribution in [1.82, 2.24) is 14.9 Å². The molecule has 2 aromatic heterocycles. The Labute approximate surface area is 211 Å². The molecule has 0 aliphatic carbocycles. The van der Waals surface area contributed by atoms with Crippen LogP contribution >= 0.6 is 15.9 Å². The highest BCUT2D eigenvalue weighted by molar-refractivity contribution is 9.10. The molecule has 1 aliphatic heterocycles. The molecule has 2 atom stereocenters. The van der Waals surface area contributed by atoms with Crippen LogP contribution in [0.25, 0.3) is 0 Å². The molecule has 0 aromatic carbocycles. The number of carbonyl (C=O) groups is 3. The van der Waals surface area contributed by atoms with Crippen molar-refractivity contribution < 1.29 is 31.9 Å². The lowest BCUT2D eigenvalue weighted by Gasteiger charge is -2.23. The fraction of sp³-hybridized carbons (Fsp3) is 0.455. The van der Waals surface area contributed by atoms with Gasteiger partial charge in [0.2, 0.25) is 5.91 Å². The Hall–Kier alpha value is -2.77. The number of hydrogen-bond acceptors (Lipinski definition) is 7. The van der Waals surface area contributed by atoms with E-state index < -0.39 is 51.3 Å². The lowest BCUT2D eigenvalue weighted by atomic mass is 10.0. The minimum absolute atomic E-state index is 0.0227. The Morgan fingerprint density at radius 1 is 1.29 bits per heavy atom. The minimum Gasteiger partial charge on any atom is -0.618 e. The fourth-order valence-electron chi connectivity index (χ4n) is 3.74. The molecule has 0 spiro atoms. The summed E-state index contributed by atoms with van der Waals surface area (Å²) in [4.78, 5) is 38.4. The van der Waals surface area contributed by atoms with Gasteiger partial charge in [-0.25, -0.2) is 8.42 Å². The van der Waals surface area contributed by atoms with Crippen molar-refractivity contribution in [2.24, 2.45) is 5.92 Å². The topological polar surface area (TPSA) is 153 Å². The summed E-state index contributed by atoms with van der Waals surface area (Å²) < 4.78 is 32.7. The van der Waals surface area contributed by atoms with E-state index in [9.17, 15) is 28.0 Å². The maximum Gasteiger partial charge on any atom is 0.323 e. The smallest absolute Gasteiger partial charge is 0.323 e. The van der Waals surface area contributed by atoms with Crippen LogP contribution in [0.4, 0.5) is 0 Å². The third kappa shape index (κ3) is 6.67. The molecular weight excluding hydrogens is 544 g/mol. The highest BCUT2D eigenvalue weighted by atomic mass is 79.9. The van der Waals surface area contributed by atoms with E-state index in [1.54, 1.807) is 6.07 Å². The van der Waals surface area contributed by atoms with Crippen LogP contribution < -0.4 is 15.4 Å². The number of furan rings is 1. The van der Waals surface area contributed by atoms with E-state index in [0.717, 1.165) is 10.5 Å². The Kier molecular flexibility index (Phi) is 8.67. The van der Waals surface area contributed by atoms with Crippen LogP contribution in [-0.4, -0.2) is 55.5 Å². The number of amides is 2. The van der Waals surface area contributed by atoms with Gasteiger partial charge < -0.3 is 20.3 Å². The number of hydrogen-bond donors (Lipinski definition) is 2. The highest BCUT2D eigenvalue weighted by Gasteiger charge is 2.37. The number of sulfonamides is 1. The molecule has 190 valence electrons. The molecule has 1 saturated heterocycles. The van der Waals surface area contributed by atoms with Crippen molar-refractivity contribution in [2.45, 2.75) is 50.2 Å². The normalized spacial score (nSPS) is 18.2. The zero-order chi connectivity index (χ0) is 25.8. The molecule has 3 rings (SSSR count). The largest absolute Gasteiger partial charge is 0.618 e. The Bertz CT molecular complexity index is 1200. The molecule has 13 heteroatoms. The van der Waals surface area contributed by atoms with E-state index in [-0.39, 0.29) is 29.4 Å². The number of aromatic nitrogens is 1. The molecule has 0 bridgehead atoms. The second kappa shape index (κ2) is 11.3. The van der Waals surface area contributed by atoms with Crippen molar-refractivity contribution in [2.75, 3.05) is 13.1 Å². The van der Waals surface area contributed by atoms with Crippen molar-refractivity contribution in [3.05, 3.63) is 52.2 Å². The average molecular weight is 571 g/mol. The Morgan fingerprint density at radius 3 is 2.66 bits per heavy atom. The minimum atomic E-state index is -4.20. The maximum absolute atomic E-state index is 13.0. The first kappa shape index (κ1) is 26.8. The number of halogens is 1. The first-order valence-corrected chi connectivity index (χ1v) is 13.3. The first-order chi connectivity index (χ1) is 16.5. The van der Waals surface area contributed by atoms with E-state index in [4.69, 9.17) is 4.42 Å². The molecule has 0 radical (unpaired) electrons. The number of pyridine rings is 1. The van der Waals surface area contributed by atoms with Gasteiger partial charge in [0.25, 0.3) is 5.91 Å². The summed E-state index contributed by atoms with van der Waals surface area (Å²) >= 11 is 3.12. The quantitative estimate of drug-likeness (QED) is 0.359. The predicted octanol–water partition coefficient (Wildman–Crippen LogP) is 1.36. The van der Waals surface area contributed by atoms with E-state index in [1.807, 2.05) is 13.8 Å². The third-order valence-electron chi connectivity index (χ3n) is 5.46. The lowest BCUT2D eigenvalue weighted by molar-refractivity contribution is -0.646.